The molecular formula is C26H35FN6O2. The summed E-state index contributed by atoms with van der Waals surface area (Å²) in [6.45, 7) is 7.10. The van der Waals surface area contributed by atoms with Gasteiger partial charge in [-0.15, -0.1) is 0 Å². The molecule has 0 bridgehead atoms. The minimum atomic E-state index is -0.527. The Kier molecular flexibility index (Phi) is 5.79. The lowest BCUT2D eigenvalue weighted by molar-refractivity contribution is -0.134. The average molecular weight is 483 g/mol. The maximum atomic E-state index is 15.8. The van der Waals surface area contributed by atoms with E-state index in [-0.39, 0.29) is 24.1 Å². The minimum Gasteiger partial charge on any atom is -0.367 e. The third-order valence-corrected chi connectivity index (χ3v) is 8.92. The van der Waals surface area contributed by atoms with Crippen molar-refractivity contribution in [3.63, 3.8) is 0 Å². The first kappa shape index (κ1) is 22.9. The highest BCUT2D eigenvalue weighted by molar-refractivity contribution is 6.02. The first-order valence-electron chi connectivity index (χ1n) is 13.1. The molecule has 3 saturated heterocycles. The molecule has 8 nitrogen and oxygen atoms in total. The van der Waals surface area contributed by atoms with Gasteiger partial charge in [-0.25, -0.2) is 4.39 Å². The molecule has 2 N–H and O–H groups in total. The van der Waals surface area contributed by atoms with E-state index >= 15 is 4.39 Å². The van der Waals surface area contributed by atoms with Crippen LogP contribution in [0.5, 0.6) is 0 Å². The number of nitrogens with one attached hydrogen (secondary N) is 2. The Morgan fingerprint density at radius 1 is 1.09 bits per heavy atom. The van der Waals surface area contributed by atoms with Crippen LogP contribution in [0.2, 0.25) is 0 Å². The Morgan fingerprint density at radius 3 is 2.49 bits per heavy atom. The molecule has 1 aliphatic carbocycles. The van der Waals surface area contributed by atoms with Crippen LogP contribution in [0.1, 0.15) is 50.1 Å². The number of fused-ring (bicyclic) bond motifs is 1. The normalized spacial score (nSPS) is 25.8. The Balaban J connectivity index is 1.12. The average Bonchev–Trinajstić information content (AvgIpc) is 3.16. The number of anilines is 1. The summed E-state index contributed by atoms with van der Waals surface area (Å²) < 4.78 is 17.3. The van der Waals surface area contributed by atoms with Crippen molar-refractivity contribution in [2.24, 2.45) is 18.4 Å². The molecule has 1 aromatic carbocycles. The summed E-state index contributed by atoms with van der Waals surface area (Å²) in [6.07, 6.45) is 6.08. The number of hydrogen-bond acceptors (Lipinski definition) is 6. The fourth-order valence-corrected chi connectivity index (χ4v) is 6.64. The van der Waals surface area contributed by atoms with Gasteiger partial charge < -0.3 is 10.2 Å². The molecule has 6 rings (SSSR count). The molecule has 9 heteroatoms. The van der Waals surface area contributed by atoms with Gasteiger partial charge in [0.1, 0.15) is 5.52 Å². The van der Waals surface area contributed by atoms with Crippen LogP contribution in [0.3, 0.4) is 0 Å². The molecule has 2 amide bonds. The van der Waals surface area contributed by atoms with Crippen molar-refractivity contribution in [2.45, 2.75) is 44.4 Å². The summed E-state index contributed by atoms with van der Waals surface area (Å²) in [5.74, 6) is -0.626. The van der Waals surface area contributed by atoms with Gasteiger partial charge >= 0.3 is 0 Å². The highest BCUT2D eigenvalue weighted by atomic mass is 19.1. The lowest BCUT2D eigenvalue weighted by Crippen LogP contribution is -2.55. The van der Waals surface area contributed by atoms with Crippen molar-refractivity contribution in [3.05, 3.63) is 23.6 Å². The van der Waals surface area contributed by atoms with Gasteiger partial charge in [0.2, 0.25) is 11.8 Å². The number of amides is 2. The lowest BCUT2D eigenvalue weighted by Gasteiger charge is -2.48. The fourth-order valence-electron chi connectivity index (χ4n) is 6.64. The maximum absolute atomic E-state index is 15.8. The van der Waals surface area contributed by atoms with Crippen LogP contribution in [0, 0.1) is 17.2 Å². The summed E-state index contributed by atoms with van der Waals surface area (Å²) in [7, 11) is 1.72. The fraction of sp³-hybridized carbons (Fsp3) is 0.654. The maximum Gasteiger partial charge on any atom is 0.235 e. The minimum absolute atomic E-state index is 0.262. The van der Waals surface area contributed by atoms with Crippen LogP contribution in [0.25, 0.3) is 10.9 Å². The zero-order valence-electron chi connectivity index (χ0n) is 20.5. The first-order valence-corrected chi connectivity index (χ1v) is 13.1. The predicted octanol–water partition coefficient (Wildman–Crippen LogP) is 2.13. The van der Waals surface area contributed by atoms with Crippen molar-refractivity contribution >= 4 is 28.4 Å². The number of rotatable bonds is 4. The van der Waals surface area contributed by atoms with Gasteiger partial charge in [-0.1, -0.05) is 0 Å². The second-order valence-corrected chi connectivity index (χ2v) is 11.1. The molecule has 3 aliphatic heterocycles. The Morgan fingerprint density at radius 2 is 1.83 bits per heavy atom. The van der Waals surface area contributed by atoms with Crippen LogP contribution in [0.4, 0.5) is 10.1 Å². The highest BCUT2D eigenvalue weighted by Gasteiger charge is 2.40. The van der Waals surface area contributed by atoms with Crippen molar-refractivity contribution in [1.29, 1.82) is 0 Å². The highest BCUT2D eigenvalue weighted by Crippen LogP contribution is 2.42. The second kappa shape index (κ2) is 8.85. The molecule has 2 aromatic rings. The predicted molar refractivity (Wildman–Crippen MR) is 132 cm³/mol. The number of carbonyl (C=O) groups is 2. The molecule has 1 atom stereocenters. The van der Waals surface area contributed by atoms with Gasteiger partial charge in [0.15, 0.2) is 5.82 Å². The van der Waals surface area contributed by atoms with Crippen LogP contribution in [0.15, 0.2) is 12.1 Å². The number of benzene rings is 1. The van der Waals surface area contributed by atoms with Gasteiger partial charge in [-0.05, 0) is 55.6 Å². The molecule has 1 spiro atoms. The molecule has 4 heterocycles. The number of nitrogens with zero attached hydrogens (tertiary/aromatic N) is 4. The number of hydrogen-bond donors (Lipinski definition) is 2. The van der Waals surface area contributed by atoms with Crippen LogP contribution in [-0.4, -0.2) is 72.3 Å². The van der Waals surface area contributed by atoms with E-state index < -0.39 is 5.92 Å². The van der Waals surface area contributed by atoms with Crippen molar-refractivity contribution in [1.82, 2.24) is 25.3 Å². The first-order chi connectivity index (χ1) is 16.9. The lowest BCUT2D eigenvalue weighted by atomic mass is 9.67. The number of aromatic nitrogens is 2. The molecule has 35 heavy (non-hydrogen) atoms. The summed E-state index contributed by atoms with van der Waals surface area (Å²) in [5, 5.41) is 11.0. The molecule has 4 fully saturated rings. The second-order valence-electron chi connectivity index (χ2n) is 11.1. The monoisotopic (exact) mass is 482 g/mol. The molecule has 188 valence electrons. The smallest absolute Gasteiger partial charge is 0.235 e. The van der Waals surface area contributed by atoms with Crippen molar-refractivity contribution in [2.75, 3.05) is 50.7 Å². The van der Waals surface area contributed by atoms with Gasteiger partial charge in [0.05, 0.1) is 17.3 Å². The number of piperidine rings is 1. The topological polar surface area (TPSA) is 82.5 Å². The quantitative estimate of drug-likeness (QED) is 0.650. The summed E-state index contributed by atoms with van der Waals surface area (Å²) in [5.41, 5.74) is 2.18. The molecule has 4 aliphatic rings. The van der Waals surface area contributed by atoms with Gasteiger partial charge in [-0.3, -0.25) is 24.5 Å². The number of piperazine rings is 1. The van der Waals surface area contributed by atoms with Crippen LogP contribution in [-0.2, 0) is 16.6 Å². The summed E-state index contributed by atoms with van der Waals surface area (Å²) >= 11 is 0. The zero-order chi connectivity index (χ0) is 24.2. The largest absolute Gasteiger partial charge is 0.367 e. The Labute approximate surface area is 205 Å². The zero-order valence-corrected chi connectivity index (χ0v) is 20.5. The van der Waals surface area contributed by atoms with E-state index in [9.17, 15) is 9.59 Å². The van der Waals surface area contributed by atoms with E-state index in [2.05, 4.69) is 25.5 Å². The standard InChI is InChI=1S/C26H35FN6O2/c1-31-24-18(23(30-31)19-3-5-21(34)29-25(19)35)2-4-20(22(24)27)33-12-10-32(11-13-33)14-17-6-8-26(9-7-17)15-28-16-26/h2,4,17,19,28H,3,5-16H2,1H3,(H,29,34,35). The SMILES string of the molecule is Cn1nc(C2CCC(=O)NC2=O)c2ccc(N3CCN(CC4CCC5(CC4)CNC5)CC3)c(F)c21. The van der Waals surface area contributed by atoms with E-state index in [1.54, 1.807) is 7.05 Å². The van der Waals surface area contributed by atoms with E-state index in [0.29, 0.717) is 34.1 Å². The molecule has 1 saturated carbocycles. The van der Waals surface area contributed by atoms with E-state index in [4.69, 9.17) is 0 Å². The molecular weight excluding hydrogens is 447 g/mol. The third-order valence-electron chi connectivity index (χ3n) is 8.92. The number of carbonyl (C=O) groups excluding carboxylic acids is 2. The summed E-state index contributed by atoms with van der Waals surface area (Å²) in [4.78, 5) is 28.6. The molecule has 1 unspecified atom stereocenters. The van der Waals surface area contributed by atoms with E-state index in [0.717, 1.165) is 38.6 Å². The number of imide groups is 1. The Bertz CT molecular complexity index is 1140. The van der Waals surface area contributed by atoms with E-state index in [1.807, 2.05) is 12.1 Å². The number of aryl methyl sites for hydroxylation is 1. The molecule has 0 radical (unpaired) electrons. The van der Waals surface area contributed by atoms with Crippen molar-refractivity contribution < 1.29 is 14.0 Å². The molecule has 1 aromatic heterocycles. The van der Waals surface area contributed by atoms with Gasteiger partial charge in [-0.2, -0.15) is 5.10 Å². The third kappa shape index (κ3) is 4.12. The summed E-state index contributed by atoms with van der Waals surface area (Å²) in [6, 6.07) is 3.72. The number of halogens is 1. The Hall–Kier alpha value is -2.52. The van der Waals surface area contributed by atoms with Gasteiger partial charge in [0.25, 0.3) is 0 Å². The van der Waals surface area contributed by atoms with Crippen molar-refractivity contribution in [3.8, 4) is 0 Å². The van der Waals surface area contributed by atoms with Crippen LogP contribution < -0.4 is 15.5 Å². The van der Waals surface area contributed by atoms with E-state index in [1.165, 1.54) is 43.5 Å². The van der Waals surface area contributed by atoms with Gasteiger partial charge in [0, 0.05) is 64.7 Å². The van der Waals surface area contributed by atoms with Crippen LogP contribution >= 0.6 is 0 Å².